The molecule has 0 aromatic heterocycles. The van der Waals surface area contributed by atoms with Gasteiger partial charge < -0.3 is 10.1 Å². The van der Waals surface area contributed by atoms with Crippen LogP contribution < -0.4 is 5.32 Å². The van der Waals surface area contributed by atoms with E-state index in [1.54, 1.807) is 0 Å². The van der Waals surface area contributed by atoms with Gasteiger partial charge in [-0.05, 0) is 17.7 Å². The van der Waals surface area contributed by atoms with Crippen molar-refractivity contribution in [3.8, 4) is 0 Å². The normalized spacial score (nSPS) is 17.0. The average molecular weight is 242 g/mol. The highest BCUT2D eigenvalue weighted by molar-refractivity contribution is 9.10. The van der Waals surface area contributed by atoms with E-state index in [9.17, 15) is 0 Å². The highest BCUT2D eigenvalue weighted by Gasteiger charge is 2.16. The summed E-state index contributed by atoms with van der Waals surface area (Å²) in [5.74, 6) is 0. The third-order valence-electron chi connectivity index (χ3n) is 2.12. The molecule has 0 atom stereocenters. The standard InChI is InChI=1S/C10H12BrNO/c11-9-3-1-2-8(4-9)7-13-10-5-12-6-10/h1-4,10,12H,5-7H2. The molecule has 0 aliphatic carbocycles. The van der Waals surface area contributed by atoms with Crippen LogP contribution in [0.25, 0.3) is 0 Å². The van der Waals surface area contributed by atoms with Crippen molar-refractivity contribution >= 4 is 15.9 Å². The summed E-state index contributed by atoms with van der Waals surface area (Å²) in [5, 5.41) is 3.17. The van der Waals surface area contributed by atoms with Gasteiger partial charge in [-0.25, -0.2) is 0 Å². The van der Waals surface area contributed by atoms with Crippen LogP contribution in [-0.4, -0.2) is 19.2 Å². The third kappa shape index (κ3) is 2.53. The fourth-order valence-corrected chi connectivity index (χ4v) is 1.67. The molecule has 1 fully saturated rings. The summed E-state index contributed by atoms with van der Waals surface area (Å²) in [6.45, 7) is 2.70. The minimum absolute atomic E-state index is 0.416. The van der Waals surface area contributed by atoms with Crippen molar-refractivity contribution in [2.75, 3.05) is 13.1 Å². The van der Waals surface area contributed by atoms with Crippen molar-refractivity contribution in [2.24, 2.45) is 0 Å². The molecule has 1 heterocycles. The van der Waals surface area contributed by atoms with E-state index in [0.717, 1.165) is 17.6 Å². The molecule has 1 saturated heterocycles. The number of hydrogen-bond acceptors (Lipinski definition) is 2. The van der Waals surface area contributed by atoms with Gasteiger partial charge in [0.05, 0.1) is 12.7 Å². The van der Waals surface area contributed by atoms with E-state index in [-0.39, 0.29) is 0 Å². The van der Waals surface area contributed by atoms with E-state index in [1.165, 1.54) is 5.56 Å². The Kier molecular flexibility index (Phi) is 2.98. The summed E-state index contributed by atoms with van der Waals surface area (Å²) in [6, 6.07) is 8.22. The minimum Gasteiger partial charge on any atom is -0.371 e. The molecule has 1 aromatic carbocycles. The van der Waals surface area contributed by atoms with Crippen LogP contribution in [0.15, 0.2) is 28.7 Å². The second-order valence-corrected chi connectivity index (χ2v) is 4.14. The van der Waals surface area contributed by atoms with E-state index in [0.29, 0.717) is 12.7 Å². The highest BCUT2D eigenvalue weighted by Crippen LogP contribution is 2.13. The molecule has 2 nitrogen and oxygen atoms in total. The lowest BCUT2D eigenvalue weighted by molar-refractivity contribution is 0.00757. The predicted octanol–water partition coefficient (Wildman–Crippen LogP) is 1.94. The Morgan fingerprint density at radius 3 is 2.92 bits per heavy atom. The molecular formula is C10H12BrNO. The molecule has 1 aromatic rings. The molecule has 1 aliphatic heterocycles. The molecule has 0 amide bonds. The molecule has 1 aliphatic rings. The van der Waals surface area contributed by atoms with Crippen LogP contribution in [0.4, 0.5) is 0 Å². The number of ether oxygens (including phenoxy) is 1. The zero-order valence-corrected chi connectivity index (χ0v) is 8.88. The van der Waals surface area contributed by atoms with E-state index in [2.05, 4.69) is 33.4 Å². The molecule has 1 N–H and O–H groups in total. The molecule has 0 unspecified atom stereocenters. The van der Waals surface area contributed by atoms with Gasteiger partial charge in [0.2, 0.25) is 0 Å². The number of benzene rings is 1. The van der Waals surface area contributed by atoms with E-state index in [4.69, 9.17) is 4.74 Å². The number of rotatable bonds is 3. The first-order valence-corrected chi connectivity index (χ1v) is 5.20. The van der Waals surface area contributed by atoms with Crippen molar-refractivity contribution in [3.63, 3.8) is 0 Å². The fraction of sp³-hybridized carbons (Fsp3) is 0.400. The summed E-state index contributed by atoms with van der Waals surface area (Å²) >= 11 is 3.43. The Balaban J connectivity index is 1.86. The lowest BCUT2D eigenvalue weighted by Crippen LogP contribution is -2.48. The summed E-state index contributed by atoms with van der Waals surface area (Å²) in [6.07, 6.45) is 0.416. The quantitative estimate of drug-likeness (QED) is 0.874. The summed E-state index contributed by atoms with van der Waals surface area (Å²) in [5.41, 5.74) is 1.22. The number of nitrogens with one attached hydrogen (secondary N) is 1. The van der Waals surface area contributed by atoms with Crippen LogP contribution in [0, 0.1) is 0 Å². The third-order valence-corrected chi connectivity index (χ3v) is 2.61. The maximum absolute atomic E-state index is 5.64. The first kappa shape index (κ1) is 9.19. The fourth-order valence-electron chi connectivity index (χ4n) is 1.22. The maximum Gasteiger partial charge on any atom is 0.0828 e. The van der Waals surface area contributed by atoms with E-state index >= 15 is 0 Å². The van der Waals surface area contributed by atoms with Crippen LogP contribution in [-0.2, 0) is 11.3 Å². The van der Waals surface area contributed by atoms with Crippen molar-refractivity contribution < 1.29 is 4.74 Å². The van der Waals surface area contributed by atoms with Gasteiger partial charge in [-0.1, -0.05) is 28.1 Å². The number of hydrogen-bond donors (Lipinski definition) is 1. The first-order chi connectivity index (χ1) is 6.34. The van der Waals surface area contributed by atoms with Crippen LogP contribution >= 0.6 is 15.9 Å². The van der Waals surface area contributed by atoms with Crippen molar-refractivity contribution in [1.29, 1.82) is 0 Å². The summed E-state index contributed by atoms with van der Waals surface area (Å²) in [4.78, 5) is 0. The predicted molar refractivity (Wildman–Crippen MR) is 55.6 cm³/mol. The van der Waals surface area contributed by atoms with Crippen LogP contribution in [0.5, 0.6) is 0 Å². The Hall–Kier alpha value is -0.380. The van der Waals surface area contributed by atoms with Gasteiger partial charge >= 0.3 is 0 Å². The number of halogens is 1. The molecule has 13 heavy (non-hydrogen) atoms. The SMILES string of the molecule is Brc1cccc(COC2CNC2)c1. The molecule has 0 spiro atoms. The Labute approximate surface area is 86.4 Å². The first-order valence-electron chi connectivity index (χ1n) is 4.41. The van der Waals surface area contributed by atoms with Gasteiger partial charge in [0.15, 0.2) is 0 Å². The zero-order chi connectivity index (χ0) is 9.10. The molecule has 0 bridgehead atoms. The van der Waals surface area contributed by atoms with Gasteiger partial charge in [0.1, 0.15) is 0 Å². The molecule has 3 heteroatoms. The Morgan fingerprint density at radius 1 is 1.46 bits per heavy atom. The lowest BCUT2D eigenvalue weighted by atomic mass is 10.2. The van der Waals surface area contributed by atoms with Gasteiger partial charge in [-0.3, -0.25) is 0 Å². The van der Waals surface area contributed by atoms with Crippen molar-refractivity contribution in [1.82, 2.24) is 5.32 Å². The van der Waals surface area contributed by atoms with Crippen molar-refractivity contribution in [3.05, 3.63) is 34.3 Å². The van der Waals surface area contributed by atoms with E-state index in [1.807, 2.05) is 12.1 Å². The van der Waals surface area contributed by atoms with Gasteiger partial charge in [0, 0.05) is 17.6 Å². The van der Waals surface area contributed by atoms with Crippen LogP contribution in [0.3, 0.4) is 0 Å². The molecular weight excluding hydrogens is 230 g/mol. The topological polar surface area (TPSA) is 21.3 Å². The Bertz CT molecular complexity index is 286. The average Bonchev–Trinajstić information content (AvgIpc) is 2.01. The molecule has 70 valence electrons. The van der Waals surface area contributed by atoms with Crippen molar-refractivity contribution in [2.45, 2.75) is 12.7 Å². The van der Waals surface area contributed by atoms with Crippen LogP contribution in [0.1, 0.15) is 5.56 Å². The molecule has 0 radical (unpaired) electrons. The largest absolute Gasteiger partial charge is 0.371 e. The highest BCUT2D eigenvalue weighted by atomic mass is 79.9. The molecule has 0 saturated carbocycles. The summed E-state index contributed by atoms with van der Waals surface area (Å²) in [7, 11) is 0. The van der Waals surface area contributed by atoms with Crippen LogP contribution in [0.2, 0.25) is 0 Å². The monoisotopic (exact) mass is 241 g/mol. The smallest absolute Gasteiger partial charge is 0.0828 e. The summed E-state index contributed by atoms with van der Waals surface area (Å²) < 4.78 is 6.75. The van der Waals surface area contributed by atoms with Gasteiger partial charge in [0.25, 0.3) is 0 Å². The minimum atomic E-state index is 0.416. The van der Waals surface area contributed by atoms with Gasteiger partial charge in [-0.2, -0.15) is 0 Å². The zero-order valence-electron chi connectivity index (χ0n) is 7.29. The second-order valence-electron chi connectivity index (χ2n) is 3.22. The maximum atomic E-state index is 5.64. The lowest BCUT2D eigenvalue weighted by Gasteiger charge is -2.27. The Morgan fingerprint density at radius 2 is 2.31 bits per heavy atom. The molecule has 2 rings (SSSR count). The van der Waals surface area contributed by atoms with E-state index < -0.39 is 0 Å². The second kappa shape index (κ2) is 4.22. The van der Waals surface area contributed by atoms with Gasteiger partial charge in [-0.15, -0.1) is 0 Å².